The van der Waals surface area contributed by atoms with Crippen LogP contribution in [0.3, 0.4) is 0 Å². The highest BCUT2D eigenvalue weighted by molar-refractivity contribution is 5.98. The Morgan fingerprint density at radius 1 is 1.00 bits per heavy atom. The molecule has 1 aromatic heterocycles. The molecule has 0 saturated heterocycles. The summed E-state index contributed by atoms with van der Waals surface area (Å²) in [4.78, 5) is 15.4. The molecule has 3 aromatic rings. The molecule has 2 aromatic carbocycles. The smallest absolute Gasteiger partial charge is 0.267 e. The number of aromatic nitrogens is 1. The Morgan fingerprint density at radius 2 is 1.65 bits per heavy atom. The number of carbonyl (C=O) groups is 1. The first kappa shape index (κ1) is 26.3. The second kappa shape index (κ2) is 13.5. The van der Waals surface area contributed by atoms with E-state index in [2.05, 4.69) is 10.3 Å². The van der Waals surface area contributed by atoms with E-state index in [1.807, 2.05) is 33.8 Å². The third kappa shape index (κ3) is 7.45. The van der Waals surface area contributed by atoms with Crippen LogP contribution in [0.1, 0.15) is 51.0 Å². The quantitative estimate of drug-likeness (QED) is 0.425. The summed E-state index contributed by atoms with van der Waals surface area (Å²) in [5, 5.41) is 3.65. The molecule has 7 heteroatoms. The molecule has 31 heavy (non-hydrogen) atoms. The van der Waals surface area contributed by atoms with Crippen molar-refractivity contribution >= 4 is 16.8 Å². The van der Waals surface area contributed by atoms with E-state index in [9.17, 15) is 13.6 Å². The van der Waals surface area contributed by atoms with Crippen LogP contribution in [0.15, 0.2) is 42.5 Å². The molecule has 0 aliphatic rings. The summed E-state index contributed by atoms with van der Waals surface area (Å²) in [6.07, 6.45) is 1.57. The number of rotatable bonds is 7. The number of aromatic amines is 1. The number of halogens is 2. The number of benzene rings is 2. The lowest BCUT2D eigenvalue weighted by atomic mass is 10.0. The fourth-order valence-electron chi connectivity index (χ4n) is 2.91. The molecule has 6 N–H and O–H groups in total. The van der Waals surface area contributed by atoms with E-state index < -0.39 is 11.6 Å². The van der Waals surface area contributed by atoms with Crippen LogP contribution in [0.4, 0.5) is 8.78 Å². The van der Waals surface area contributed by atoms with Crippen molar-refractivity contribution in [2.75, 3.05) is 13.1 Å². The maximum Gasteiger partial charge on any atom is 0.267 e. The van der Waals surface area contributed by atoms with Gasteiger partial charge in [0.1, 0.15) is 5.69 Å². The molecule has 0 aliphatic heterocycles. The summed E-state index contributed by atoms with van der Waals surface area (Å²) >= 11 is 0. The summed E-state index contributed by atoms with van der Waals surface area (Å²) in [7, 11) is 0. The van der Waals surface area contributed by atoms with Gasteiger partial charge in [-0.05, 0) is 54.8 Å². The average molecular weight is 433 g/mol. The van der Waals surface area contributed by atoms with Crippen LogP contribution in [-0.4, -0.2) is 30.0 Å². The monoisotopic (exact) mass is 432 g/mol. The van der Waals surface area contributed by atoms with Gasteiger partial charge in [0.05, 0.1) is 0 Å². The van der Waals surface area contributed by atoms with Gasteiger partial charge in [-0.15, -0.1) is 0 Å². The number of hydrogen-bond acceptors (Lipinski definition) is 3. The first-order valence-electron chi connectivity index (χ1n) is 10.8. The largest absolute Gasteiger partial charge is 0.351 e. The van der Waals surface area contributed by atoms with Crippen molar-refractivity contribution in [2.45, 2.75) is 46.6 Å². The maximum absolute atomic E-state index is 13.5. The molecule has 5 nitrogen and oxygen atoms in total. The van der Waals surface area contributed by atoms with Gasteiger partial charge in [0.25, 0.3) is 5.91 Å². The van der Waals surface area contributed by atoms with Crippen LogP contribution in [0, 0.1) is 11.6 Å². The van der Waals surface area contributed by atoms with Crippen molar-refractivity contribution in [1.82, 2.24) is 10.3 Å². The first-order chi connectivity index (χ1) is 15.0. The van der Waals surface area contributed by atoms with Crippen molar-refractivity contribution in [3.8, 4) is 11.1 Å². The van der Waals surface area contributed by atoms with Gasteiger partial charge < -0.3 is 21.8 Å². The number of carbonyl (C=O) groups excluding carboxylic acids is 1. The van der Waals surface area contributed by atoms with E-state index in [4.69, 9.17) is 11.5 Å². The average Bonchev–Trinajstić information content (AvgIpc) is 3.24. The van der Waals surface area contributed by atoms with Gasteiger partial charge in [0.2, 0.25) is 0 Å². The zero-order valence-corrected chi connectivity index (χ0v) is 18.8. The molecule has 3 rings (SSSR count). The Hall–Kier alpha value is -2.77. The van der Waals surface area contributed by atoms with E-state index in [0.717, 1.165) is 41.4 Å². The van der Waals surface area contributed by atoms with Crippen LogP contribution in [0.5, 0.6) is 0 Å². The minimum Gasteiger partial charge on any atom is -0.351 e. The normalized spacial score (nSPS) is 11.1. The number of nitrogens with two attached hydrogens (primary N) is 2. The third-order valence-electron chi connectivity index (χ3n) is 4.42. The predicted molar refractivity (Wildman–Crippen MR) is 125 cm³/mol. The van der Waals surface area contributed by atoms with Gasteiger partial charge >= 0.3 is 0 Å². The number of H-pyrrole nitrogens is 1. The molecule has 0 spiro atoms. The van der Waals surface area contributed by atoms with Crippen molar-refractivity contribution in [1.29, 1.82) is 0 Å². The number of nitrogens with one attached hydrogen (secondary N) is 2. The number of fused-ring (bicyclic) bond motifs is 1. The Labute approximate surface area is 183 Å². The van der Waals surface area contributed by atoms with Crippen LogP contribution in [-0.2, 0) is 0 Å². The van der Waals surface area contributed by atoms with Crippen molar-refractivity contribution in [2.24, 2.45) is 11.5 Å². The molecular weight excluding hydrogens is 398 g/mol. The van der Waals surface area contributed by atoms with Gasteiger partial charge in [-0.1, -0.05) is 45.9 Å². The fourth-order valence-corrected chi connectivity index (χ4v) is 2.91. The van der Waals surface area contributed by atoms with E-state index in [0.29, 0.717) is 24.3 Å². The summed E-state index contributed by atoms with van der Waals surface area (Å²) in [5.41, 5.74) is 13.8. The Kier molecular flexibility index (Phi) is 11.5. The molecule has 0 bridgehead atoms. The maximum atomic E-state index is 13.5. The minimum absolute atomic E-state index is 0.137. The highest BCUT2D eigenvalue weighted by Gasteiger charge is 2.12. The molecule has 0 radical (unpaired) electrons. The molecule has 0 aliphatic carbocycles. The fraction of sp³-hybridized carbons (Fsp3) is 0.375. The highest BCUT2D eigenvalue weighted by atomic mass is 19.2. The van der Waals surface area contributed by atoms with Crippen LogP contribution < -0.4 is 16.8 Å². The van der Waals surface area contributed by atoms with E-state index in [1.54, 1.807) is 18.2 Å². The van der Waals surface area contributed by atoms with Crippen molar-refractivity contribution < 1.29 is 13.6 Å². The lowest BCUT2D eigenvalue weighted by Gasteiger charge is -2.11. The Bertz CT molecular complexity index is 956. The molecule has 0 saturated carbocycles. The third-order valence-corrected chi connectivity index (χ3v) is 4.42. The van der Waals surface area contributed by atoms with Crippen LogP contribution >= 0.6 is 0 Å². The first-order valence-corrected chi connectivity index (χ1v) is 10.8. The van der Waals surface area contributed by atoms with E-state index in [1.165, 1.54) is 6.07 Å². The molecule has 1 atom stereocenters. The summed E-state index contributed by atoms with van der Waals surface area (Å²) in [6, 6.07) is 10.8. The highest BCUT2D eigenvalue weighted by Crippen LogP contribution is 2.26. The standard InChI is InChI=1S/C20H22F2N4O.2C2H6/c21-16-6-5-12(8-17(16)22)13-3-4-14-10-19(26-18(14)9-13)20(27)25-11-15(24)2-1-7-23;2*1-2/h3-6,8-10,15,26H,1-2,7,11,23-24H2,(H,25,27);2*1-2H3. The Morgan fingerprint density at radius 3 is 2.29 bits per heavy atom. The Balaban J connectivity index is 0.00000113. The van der Waals surface area contributed by atoms with Gasteiger partial charge in [0.15, 0.2) is 11.6 Å². The predicted octanol–water partition coefficient (Wildman–Crippen LogP) is 4.96. The topological polar surface area (TPSA) is 96.9 Å². The van der Waals surface area contributed by atoms with Crippen molar-refractivity contribution in [3.05, 3.63) is 59.8 Å². The zero-order chi connectivity index (χ0) is 23.4. The summed E-state index contributed by atoms with van der Waals surface area (Å²) in [5.74, 6) is -2.03. The minimum atomic E-state index is -0.898. The molecule has 170 valence electrons. The SMILES string of the molecule is CC.CC.NCCCC(N)CNC(=O)c1cc2ccc(-c3ccc(F)c(F)c3)cc2[nH]1. The second-order valence-electron chi connectivity index (χ2n) is 6.51. The lowest BCUT2D eigenvalue weighted by molar-refractivity contribution is 0.0946. The molecule has 1 unspecified atom stereocenters. The summed E-state index contributed by atoms with van der Waals surface area (Å²) < 4.78 is 26.6. The molecule has 1 heterocycles. The van der Waals surface area contributed by atoms with Crippen molar-refractivity contribution in [3.63, 3.8) is 0 Å². The van der Waals surface area contributed by atoms with E-state index in [-0.39, 0.29) is 11.9 Å². The molecule has 0 fully saturated rings. The summed E-state index contributed by atoms with van der Waals surface area (Å²) in [6.45, 7) is 8.94. The molecule has 1 amide bonds. The molecular formula is C24H34F2N4O. The van der Waals surface area contributed by atoms with Gasteiger partial charge in [0, 0.05) is 23.5 Å². The van der Waals surface area contributed by atoms with Crippen LogP contribution in [0.25, 0.3) is 22.0 Å². The zero-order valence-electron chi connectivity index (χ0n) is 18.8. The van der Waals surface area contributed by atoms with E-state index >= 15 is 0 Å². The second-order valence-corrected chi connectivity index (χ2v) is 6.51. The number of amides is 1. The van der Waals surface area contributed by atoms with Gasteiger partial charge in [-0.3, -0.25) is 4.79 Å². The number of hydrogen-bond donors (Lipinski definition) is 4. The van der Waals surface area contributed by atoms with Gasteiger partial charge in [-0.25, -0.2) is 8.78 Å². The van der Waals surface area contributed by atoms with Crippen LogP contribution in [0.2, 0.25) is 0 Å². The lowest BCUT2D eigenvalue weighted by Crippen LogP contribution is -2.37. The van der Waals surface area contributed by atoms with Gasteiger partial charge in [-0.2, -0.15) is 0 Å².